The van der Waals surface area contributed by atoms with Gasteiger partial charge in [-0.25, -0.2) is 4.98 Å². The van der Waals surface area contributed by atoms with E-state index in [1.54, 1.807) is 25.3 Å². The largest absolute Gasteiger partial charge is 0.497 e. The van der Waals surface area contributed by atoms with Crippen LogP contribution in [-0.2, 0) is 0 Å². The van der Waals surface area contributed by atoms with Gasteiger partial charge in [0, 0.05) is 0 Å². The molecular formula is C12H8BrClN4O2. The molecule has 20 heavy (non-hydrogen) atoms. The average molecular weight is 356 g/mol. The van der Waals surface area contributed by atoms with E-state index in [4.69, 9.17) is 21.1 Å². The van der Waals surface area contributed by atoms with Gasteiger partial charge in [0.25, 0.3) is 0 Å². The predicted octanol–water partition coefficient (Wildman–Crippen LogP) is 3.57. The third-order valence-corrected chi connectivity index (χ3v) is 3.36. The highest BCUT2D eigenvalue weighted by Gasteiger charge is 2.13. The maximum absolute atomic E-state index is 5.85. The van der Waals surface area contributed by atoms with Gasteiger partial charge in [-0.05, 0) is 45.7 Å². The lowest BCUT2D eigenvalue weighted by Crippen LogP contribution is -1.94. The zero-order valence-electron chi connectivity index (χ0n) is 10.2. The number of imidazole rings is 1. The molecule has 3 aromatic rings. The highest BCUT2D eigenvalue weighted by atomic mass is 79.9. The lowest BCUT2D eigenvalue weighted by Gasteiger charge is -2.08. The van der Waals surface area contributed by atoms with Crippen molar-refractivity contribution in [2.45, 2.75) is 0 Å². The van der Waals surface area contributed by atoms with Crippen LogP contribution in [0.3, 0.4) is 0 Å². The molecule has 0 aliphatic carbocycles. The Morgan fingerprint density at radius 3 is 2.90 bits per heavy atom. The van der Waals surface area contributed by atoms with E-state index in [2.05, 4.69) is 35.9 Å². The van der Waals surface area contributed by atoms with E-state index in [1.807, 2.05) is 0 Å². The second-order valence-electron chi connectivity index (χ2n) is 3.80. The summed E-state index contributed by atoms with van der Waals surface area (Å²) in [6.45, 7) is 0. The summed E-state index contributed by atoms with van der Waals surface area (Å²) in [5, 5.41) is 0.0734. The Morgan fingerprint density at radius 2 is 2.15 bits per heavy atom. The van der Waals surface area contributed by atoms with Crippen LogP contribution in [0.25, 0.3) is 11.2 Å². The Kier molecular flexibility index (Phi) is 3.45. The zero-order chi connectivity index (χ0) is 14.1. The maximum Gasteiger partial charge on any atom is 0.250 e. The molecular weight excluding hydrogens is 348 g/mol. The lowest BCUT2D eigenvalue weighted by atomic mass is 10.3. The molecule has 0 fully saturated rings. The zero-order valence-corrected chi connectivity index (χ0v) is 12.6. The number of ether oxygens (including phenoxy) is 2. The van der Waals surface area contributed by atoms with Gasteiger partial charge in [-0.1, -0.05) is 0 Å². The summed E-state index contributed by atoms with van der Waals surface area (Å²) in [4.78, 5) is 15.0. The first kappa shape index (κ1) is 13.1. The van der Waals surface area contributed by atoms with Crippen molar-refractivity contribution < 1.29 is 9.47 Å². The average Bonchev–Trinajstić information content (AvgIpc) is 2.89. The molecule has 0 saturated heterocycles. The van der Waals surface area contributed by atoms with Crippen LogP contribution in [0.2, 0.25) is 5.28 Å². The van der Waals surface area contributed by atoms with Gasteiger partial charge in [-0.3, -0.25) is 0 Å². The van der Waals surface area contributed by atoms with Gasteiger partial charge in [-0.2, -0.15) is 9.97 Å². The molecule has 0 radical (unpaired) electrons. The topological polar surface area (TPSA) is 72.9 Å². The third kappa shape index (κ3) is 2.41. The van der Waals surface area contributed by atoms with Gasteiger partial charge in [0.05, 0.1) is 17.9 Å². The second kappa shape index (κ2) is 5.26. The summed E-state index contributed by atoms with van der Waals surface area (Å²) in [5.74, 6) is 1.61. The normalized spacial score (nSPS) is 10.8. The van der Waals surface area contributed by atoms with Crippen molar-refractivity contribution in [2.24, 2.45) is 0 Å². The number of methoxy groups -OCH3 is 1. The van der Waals surface area contributed by atoms with Crippen LogP contribution in [0.1, 0.15) is 0 Å². The van der Waals surface area contributed by atoms with E-state index in [0.717, 1.165) is 10.2 Å². The first-order valence-electron chi connectivity index (χ1n) is 5.55. The number of halogens is 2. The Balaban J connectivity index is 2.03. The predicted molar refractivity (Wildman–Crippen MR) is 77.5 cm³/mol. The van der Waals surface area contributed by atoms with Crippen molar-refractivity contribution in [1.82, 2.24) is 19.9 Å². The summed E-state index contributed by atoms with van der Waals surface area (Å²) < 4.78 is 11.6. The molecule has 0 aliphatic heterocycles. The first-order valence-corrected chi connectivity index (χ1v) is 6.72. The third-order valence-electron chi connectivity index (χ3n) is 2.57. The van der Waals surface area contributed by atoms with Crippen LogP contribution >= 0.6 is 27.5 Å². The fourth-order valence-electron chi connectivity index (χ4n) is 1.65. The molecule has 8 heteroatoms. The lowest BCUT2D eigenvalue weighted by molar-refractivity contribution is 0.411. The second-order valence-corrected chi connectivity index (χ2v) is 4.99. The van der Waals surface area contributed by atoms with Crippen molar-refractivity contribution in [3.8, 4) is 17.4 Å². The molecule has 0 atom stereocenters. The van der Waals surface area contributed by atoms with Crippen LogP contribution in [-0.4, -0.2) is 27.0 Å². The molecule has 0 saturated carbocycles. The number of fused-ring (bicyclic) bond motifs is 1. The Bertz CT molecular complexity index is 777. The smallest absolute Gasteiger partial charge is 0.250 e. The van der Waals surface area contributed by atoms with Gasteiger partial charge in [0.15, 0.2) is 5.65 Å². The summed E-state index contributed by atoms with van der Waals surface area (Å²) in [6, 6.07) is 5.34. The molecule has 1 N–H and O–H groups in total. The molecule has 0 amide bonds. The minimum absolute atomic E-state index is 0.0734. The molecule has 1 aromatic carbocycles. The van der Waals surface area contributed by atoms with E-state index >= 15 is 0 Å². The van der Waals surface area contributed by atoms with Crippen LogP contribution in [0.4, 0.5) is 0 Å². The van der Waals surface area contributed by atoms with Gasteiger partial charge in [-0.15, -0.1) is 0 Å². The molecule has 3 rings (SSSR count). The van der Waals surface area contributed by atoms with E-state index < -0.39 is 0 Å². The number of benzene rings is 1. The highest BCUT2D eigenvalue weighted by molar-refractivity contribution is 9.10. The number of rotatable bonds is 3. The van der Waals surface area contributed by atoms with Crippen molar-refractivity contribution in [2.75, 3.05) is 7.11 Å². The summed E-state index contributed by atoms with van der Waals surface area (Å²) in [5.41, 5.74) is 1.03. The van der Waals surface area contributed by atoms with Crippen molar-refractivity contribution >= 4 is 38.7 Å². The molecule has 0 spiro atoms. The number of hydrogen-bond acceptors (Lipinski definition) is 5. The van der Waals surface area contributed by atoms with E-state index in [0.29, 0.717) is 22.8 Å². The number of aromatic nitrogens is 4. The molecule has 2 aromatic heterocycles. The van der Waals surface area contributed by atoms with Gasteiger partial charge in [0.2, 0.25) is 11.2 Å². The number of nitrogens with one attached hydrogen (secondary N) is 1. The van der Waals surface area contributed by atoms with Crippen molar-refractivity contribution in [3.05, 3.63) is 34.3 Å². The summed E-state index contributed by atoms with van der Waals surface area (Å²) in [7, 11) is 1.60. The first-order chi connectivity index (χ1) is 9.67. The van der Waals surface area contributed by atoms with Gasteiger partial charge < -0.3 is 14.5 Å². The fraction of sp³-hybridized carbons (Fsp3) is 0.0833. The van der Waals surface area contributed by atoms with Crippen LogP contribution in [0, 0.1) is 0 Å². The number of hydrogen-bond donors (Lipinski definition) is 1. The van der Waals surface area contributed by atoms with Gasteiger partial charge in [0.1, 0.15) is 17.0 Å². The van der Waals surface area contributed by atoms with Gasteiger partial charge >= 0.3 is 0 Å². The Morgan fingerprint density at radius 1 is 1.30 bits per heavy atom. The summed E-state index contributed by atoms with van der Waals surface area (Å²) in [6.07, 6.45) is 1.51. The maximum atomic E-state index is 5.85. The quantitative estimate of drug-likeness (QED) is 0.727. The standard InChI is InChI=1S/C12H8BrClN4O2/c1-19-6-2-3-8(7(13)4-6)20-11-9-10(16-5-15-9)17-12(14)18-11/h2-5H,1H3,(H,15,16,17,18). The summed E-state index contributed by atoms with van der Waals surface area (Å²) >= 11 is 9.26. The number of nitrogens with zero attached hydrogens (tertiary/aromatic N) is 3. The minimum Gasteiger partial charge on any atom is -0.497 e. The monoisotopic (exact) mass is 354 g/mol. The molecule has 0 aliphatic rings. The highest BCUT2D eigenvalue weighted by Crippen LogP contribution is 2.34. The van der Waals surface area contributed by atoms with Crippen molar-refractivity contribution in [3.63, 3.8) is 0 Å². The molecule has 6 nitrogen and oxygen atoms in total. The molecule has 0 bridgehead atoms. The van der Waals surface area contributed by atoms with E-state index in [9.17, 15) is 0 Å². The molecule has 102 valence electrons. The Labute approximate surface area is 127 Å². The van der Waals surface area contributed by atoms with Crippen molar-refractivity contribution in [1.29, 1.82) is 0 Å². The van der Waals surface area contributed by atoms with Crippen LogP contribution in [0.15, 0.2) is 29.0 Å². The van der Waals surface area contributed by atoms with E-state index in [-0.39, 0.29) is 5.28 Å². The van der Waals surface area contributed by atoms with Crippen LogP contribution in [0.5, 0.6) is 17.4 Å². The Hall–Kier alpha value is -1.86. The van der Waals surface area contributed by atoms with Crippen LogP contribution < -0.4 is 9.47 Å². The minimum atomic E-state index is 0.0734. The molecule has 2 heterocycles. The number of H-pyrrole nitrogens is 1. The fourth-order valence-corrected chi connectivity index (χ4v) is 2.25. The SMILES string of the molecule is COc1ccc(Oc2nc(Cl)nc3nc[nH]c23)c(Br)c1. The number of aromatic amines is 1. The molecule has 0 unspecified atom stereocenters. The van der Waals surface area contributed by atoms with E-state index in [1.165, 1.54) is 6.33 Å².